The van der Waals surface area contributed by atoms with Crippen molar-refractivity contribution >= 4 is 17.1 Å². The molecule has 2 atom stereocenters. The standard InChI is InChI=1S/C13H14N6O/c14-9-7-18(8-11(9)19-6-5-15-17-19)13-16-10-3-1-2-4-12(10)20-13/h1-6,9,11H,7-8,14H2/t9-,11+/m1/s1. The zero-order valence-electron chi connectivity index (χ0n) is 10.8. The summed E-state index contributed by atoms with van der Waals surface area (Å²) in [5.74, 6) is 0. The lowest BCUT2D eigenvalue weighted by molar-refractivity contribution is 0.436. The second kappa shape index (κ2) is 4.31. The van der Waals surface area contributed by atoms with Crippen LogP contribution in [0.4, 0.5) is 6.01 Å². The molecular weight excluding hydrogens is 256 g/mol. The minimum atomic E-state index is -0.0216. The number of nitrogens with two attached hydrogens (primary N) is 1. The van der Waals surface area contributed by atoms with Crippen LogP contribution in [-0.2, 0) is 0 Å². The normalized spacial score (nSPS) is 22.8. The quantitative estimate of drug-likeness (QED) is 0.741. The van der Waals surface area contributed by atoms with Crippen molar-refractivity contribution in [2.75, 3.05) is 18.0 Å². The number of hydrogen-bond donors (Lipinski definition) is 1. The molecule has 1 aliphatic rings. The minimum absolute atomic E-state index is 0.0216. The first-order valence-electron chi connectivity index (χ1n) is 6.53. The van der Waals surface area contributed by atoms with Crippen LogP contribution >= 0.6 is 0 Å². The van der Waals surface area contributed by atoms with Crippen molar-refractivity contribution in [3.63, 3.8) is 0 Å². The van der Waals surface area contributed by atoms with Crippen LogP contribution in [-0.4, -0.2) is 39.1 Å². The number of rotatable bonds is 2. The van der Waals surface area contributed by atoms with E-state index in [9.17, 15) is 0 Å². The van der Waals surface area contributed by atoms with Gasteiger partial charge in [-0.2, -0.15) is 4.98 Å². The SMILES string of the molecule is N[C@@H]1CN(c2nc3ccccc3o2)C[C@@H]1n1ccnn1. The maximum Gasteiger partial charge on any atom is 0.298 e. The van der Waals surface area contributed by atoms with Gasteiger partial charge in [-0.15, -0.1) is 5.10 Å². The van der Waals surface area contributed by atoms with E-state index in [4.69, 9.17) is 10.2 Å². The summed E-state index contributed by atoms with van der Waals surface area (Å²) >= 11 is 0. The molecule has 7 nitrogen and oxygen atoms in total. The lowest BCUT2D eigenvalue weighted by Gasteiger charge is -2.13. The van der Waals surface area contributed by atoms with E-state index in [1.807, 2.05) is 30.5 Å². The van der Waals surface area contributed by atoms with E-state index < -0.39 is 0 Å². The van der Waals surface area contributed by atoms with Crippen molar-refractivity contribution in [1.82, 2.24) is 20.0 Å². The molecular formula is C13H14N6O. The highest BCUT2D eigenvalue weighted by Crippen LogP contribution is 2.28. The molecule has 3 heterocycles. The van der Waals surface area contributed by atoms with E-state index in [1.165, 1.54) is 0 Å². The minimum Gasteiger partial charge on any atom is -0.423 e. The van der Waals surface area contributed by atoms with Crippen LogP contribution in [0.25, 0.3) is 11.1 Å². The van der Waals surface area contributed by atoms with Gasteiger partial charge in [0.2, 0.25) is 0 Å². The third kappa shape index (κ3) is 1.75. The Balaban J connectivity index is 1.64. The molecule has 20 heavy (non-hydrogen) atoms. The maximum atomic E-state index is 6.19. The molecule has 1 fully saturated rings. The molecule has 2 N–H and O–H groups in total. The summed E-state index contributed by atoms with van der Waals surface area (Å²) in [6.45, 7) is 1.41. The van der Waals surface area contributed by atoms with Crippen LogP contribution in [0.5, 0.6) is 0 Å². The number of para-hydroxylation sites is 2. The van der Waals surface area contributed by atoms with Crippen LogP contribution < -0.4 is 10.6 Å². The zero-order chi connectivity index (χ0) is 13.5. The molecule has 2 aromatic heterocycles. The first-order valence-corrected chi connectivity index (χ1v) is 6.53. The molecule has 4 rings (SSSR count). The Morgan fingerprint density at radius 3 is 2.95 bits per heavy atom. The Labute approximate surface area is 115 Å². The third-order valence-electron chi connectivity index (χ3n) is 3.67. The van der Waals surface area contributed by atoms with Gasteiger partial charge in [-0.3, -0.25) is 0 Å². The summed E-state index contributed by atoms with van der Waals surface area (Å²) in [5.41, 5.74) is 7.85. The van der Waals surface area contributed by atoms with Crippen LogP contribution in [0.3, 0.4) is 0 Å². The molecule has 0 unspecified atom stereocenters. The average Bonchev–Trinajstić information content (AvgIpc) is 3.16. The van der Waals surface area contributed by atoms with E-state index in [1.54, 1.807) is 10.9 Å². The summed E-state index contributed by atoms with van der Waals surface area (Å²) in [4.78, 5) is 6.56. The van der Waals surface area contributed by atoms with Crippen LogP contribution in [0, 0.1) is 0 Å². The summed E-state index contributed by atoms with van der Waals surface area (Å²) in [5, 5.41) is 7.86. The molecule has 0 amide bonds. The van der Waals surface area contributed by atoms with Gasteiger partial charge in [0.1, 0.15) is 5.52 Å². The van der Waals surface area contributed by atoms with Crippen molar-refractivity contribution in [3.8, 4) is 0 Å². The van der Waals surface area contributed by atoms with Gasteiger partial charge in [0, 0.05) is 25.3 Å². The highest BCUT2D eigenvalue weighted by Gasteiger charge is 2.34. The second-order valence-electron chi connectivity index (χ2n) is 4.98. The molecule has 0 saturated carbocycles. The topological polar surface area (TPSA) is 86.0 Å². The molecule has 0 radical (unpaired) electrons. The molecule has 0 bridgehead atoms. The first kappa shape index (κ1) is 11.4. The van der Waals surface area contributed by atoms with Gasteiger partial charge in [-0.05, 0) is 12.1 Å². The third-order valence-corrected chi connectivity index (χ3v) is 3.67. The fourth-order valence-electron chi connectivity index (χ4n) is 2.64. The van der Waals surface area contributed by atoms with Gasteiger partial charge in [0.25, 0.3) is 6.01 Å². The van der Waals surface area contributed by atoms with Crippen LogP contribution in [0.15, 0.2) is 41.1 Å². The summed E-state index contributed by atoms with van der Waals surface area (Å²) < 4.78 is 7.58. The summed E-state index contributed by atoms with van der Waals surface area (Å²) in [6, 6.07) is 8.42. The number of benzene rings is 1. The highest BCUT2D eigenvalue weighted by atomic mass is 16.4. The zero-order valence-corrected chi connectivity index (χ0v) is 10.8. The van der Waals surface area contributed by atoms with E-state index >= 15 is 0 Å². The lowest BCUT2D eigenvalue weighted by atomic mass is 10.2. The van der Waals surface area contributed by atoms with Crippen molar-refractivity contribution < 1.29 is 4.42 Å². The molecule has 102 valence electrons. The monoisotopic (exact) mass is 270 g/mol. The maximum absolute atomic E-state index is 6.19. The Kier molecular flexibility index (Phi) is 2.46. The van der Waals surface area contributed by atoms with Gasteiger partial charge in [-0.1, -0.05) is 17.3 Å². The van der Waals surface area contributed by atoms with E-state index in [0.717, 1.165) is 17.6 Å². The molecule has 1 saturated heterocycles. The number of nitrogens with zero attached hydrogens (tertiary/aromatic N) is 5. The Bertz CT molecular complexity index is 688. The second-order valence-corrected chi connectivity index (χ2v) is 4.98. The predicted octanol–water partition coefficient (Wildman–Crippen LogP) is 0.808. The first-order chi connectivity index (χ1) is 9.81. The Morgan fingerprint density at radius 2 is 2.15 bits per heavy atom. The number of anilines is 1. The van der Waals surface area contributed by atoms with Crippen LogP contribution in [0.1, 0.15) is 6.04 Å². The fourth-order valence-corrected chi connectivity index (χ4v) is 2.64. The molecule has 1 aromatic carbocycles. The highest BCUT2D eigenvalue weighted by molar-refractivity contribution is 5.74. The number of oxazole rings is 1. The summed E-state index contributed by atoms with van der Waals surface area (Å²) in [6.07, 6.45) is 3.49. The van der Waals surface area contributed by atoms with Gasteiger partial charge in [0.05, 0.1) is 12.2 Å². The van der Waals surface area contributed by atoms with E-state index in [0.29, 0.717) is 12.6 Å². The molecule has 7 heteroatoms. The van der Waals surface area contributed by atoms with E-state index in [-0.39, 0.29) is 12.1 Å². The Morgan fingerprint density at radius 1 is 1.25 bits per heavy atom. The van der Waals surface area contributed by atoms with Gasteiger partial charge in [-0.25, -0.2) is 4.68 Å². The van der Waals surface area contributed by atoms with Crippen molar-refractivity contribution in [3.05, 3.63) is 36.7 Å². The van der Waals surface area contributed by atoms with Gasteiger partial charge >= 0.3 is 0 Å². The van der Waals surface area contributed by atoms with Crippen molar-refractivity contribution in [1.29, 1.82) is 0 Å². The smallest absolute Gasteiger partial charge is 0.298 e. The van der Waals surface area contributed by atoms with Gasteiger partial charge < -0.3 is 15.1 Å². The van der Waals surface area contributed by atoms with Crippen LogP contribution in [0.2, 0.25) is 0 Å². The average molecular weight is 270 g/mol. The molecule has 3 aromatic rings. The molecule has 1 aliphatic heterocycles. The largest absolute Gasteiger partial charge is 0.423 e. The predicted molar refractivity (Wildman–Crippen MR) is 73.3 cm³/mol. The molecule has 0 aliphatic carbocycles. The molecule has 0 spiro atoms. The van der Waals surface area contributed by atoms with E-state index in [2.05, 4.69) is 20.2 Å². The van der Waals surface area contributed by atoms with Crippen molar-refractivity contribution in [2.24, 2.45) is 5.73 Å². The van der Waals surface area contributed by atoms with Crippen molar-refractivity contribution in [2.45, 2.75) is 12.1 Å². The number of hydrogen-bond acceptors (Lipinski definition) is 6. The fraction of sp³-hybridized carbons (Fsp3) is 0.308. The Hall–Kier alpha value is -2.41. The number of fused-ring (bicyclic) bond motifs is 1. The lowest BCUT2D eigenvalue weighted by Crippen LogP contribution is -2.31. The van der Waals surface area contributed by atoms with Gasteiger partial charge in [0.15, 0.2) is 5.58 Å². The summed E-state index contributed by atoms with van der Waals surface area (Å²) in [7, 11) is 0. The number of aromatic nitrogens is 4.